The zero-order chi connectivity index (χ0) is 15.6. The van der Waals surface area contributed by atoms with Crippen molar-refractivity contribution in [1.29, 1.82) is 0 Å². The predicted molar refractivity (Wildman–Crippen MR) is 80.6 cm³/mol. The van der Waals surface area contributed by atoms with Crippen molar-refractivity contribution >= 4 is 37.5 Å². The van der Waals surface area contributed by atoms with Gasteiger partial charge in [0.25, 0.3) is 0 Å². The van der Waals surface area contributed by atoms with E-state index in [4.69, 9.17) is 0 Å². The van der Waals surface area contributed by atoms with E-state index in [9.17, 15) is 17.6 Å². The van der Waals surface area contributed by atoms with Crippen LogP contribution >= 0.6 is 31.9 Å². The number of hydrogen-bond acceptors (Lipinski definition) is 1. The van der Waals surface area contributed by atoms with Crippen LogP contribution < -0.4 is 5.32 Å². The Morgan fingerprint density at radius 1 is 1.00 bits per heavy atom. The molecular weight excluding hydrogens is 418 g/mol. The van der Waals surface area contributed by atoms with E-state index < -0.39 is 11.7 Å². The van der Waals surface area contributed by atoms with Gasteiger partial charge in [0.1, 0.15) is 5.82 Å². The van der Waals surface area contributed by atoms with Crippen LogP contribution in [0.1, 0.15) is 11.1 Å². The molecule has 0 heterocycles. The summed E-state index contributed by atoms with van der Waals surface area (Å²) in [5.41, 5.74) is 0.132. The third kappa shape index (κ3) is 4.20. The van der Waals surface area contributed by atoms with Crippen LogP contribution in [0.25, 0.3) is 0 Å². The molecule has 1 nitrogen and oxygen atoms in total. The molecule has 0 aromatic heterocycles. The standard InChI is InChI=1S/C14H9Br2F4N/c15-10-2-3-12(17)8(5-10)7-21-13-4-1-9(6-11(13)16)14(18,19)20/h1-6,21H,7H2. The van der Waals surface area contributed by atoms with Crippen molar-refractivity contribution in [3.8, 4) is 0 Å². The van der Waals surface area contributed by atoms with Crippen LogP contribution in [0.5, 0.6) is 0 Å². The Morgan fingerprint density at radius 3 is 2.33 bits per heavy atom. The third-order valence-electron chi connectivity index (χ3n) is 2.77. The maximum atomic E-state index is 13.6. The molecule has 0 atom stereocenters. The smallest absolute Gasteiger partial charge is 0.380 e. The van der Waals surface area contributed by atoms with Crippen LogP contribution in [-0.2, 0) is 12.7 Å². The van der Waals surface area contributed by atoms with Gasteiger partial charge in [0.2, 0.25) is 0 Å². The van der Waals surface area contributed by atoms with Gasteiger partial charge in [-0.1, -0.05) is 15.9 Å². The van der Waals surface area contributed by atoms with Gasteiger partial charge in [-0.3, -0.25) is 0 Å². The molecule has 2 rings (SSSR count). The molecule has 0 saturated carbocycles. The average Bonchev–Trinajstić information content (AvgIpc) is 2.40. The fourth-order valence-electron chi connectivity index (χ4n) is 1.70. The first-order chi connectivity index (χ1) is 9.77. The summed E-state index contributed by atoms with van der Waals surface area (Å²) in [4.78, 5) is 0. The Hall–Kier alpha value is -1.08. The number of alkyl halides is 3. The highest BCUT2D eigenvalue weighted by molar-refractivity contribution is 9.10. The third-order valence-corrected chi connectivity index (χ3v) is 3.92. The first-order valence-corrected chi connectivity index (χ1v) is 7.40. The fraction of sp³-hybridized carbons (Fsp3) is 0.143. The number of anilines is 1. The SMILES string of the molecule is Fc1ccc(Br)cc1CNc1ccc(C(F)(F)F)cc1Br. The second-order valence-corrected chi connectivity index (χ2v) is 6.05. The molecule has 0 bridgehead atoms. The molecular formula is C14H9Br2F4N. The zero-order valence-electron chi connectivity index (χ0n) is 10.4. The molecule has 1 N–H and O–H groups in total. The van der Waals surface area contributed by atoms with E-state index >= 15 is 0 Å². The van der Waals surface area contributed by atoms with Crippen molar-refractivity contribution in [2.45, 2.75) is 12.7 Å². The van der Waals surface area contributed by atoms with Gasteiger partial charge >= 0.3 is 6.18 Å². The van der Waals surface area contributed by atoms with Crippen molar-refractivity contribution in [1.82, 2.24) is 0 Å². The van der Waals surface area contributed by atoms with E-state index in [0.717, 1.165) is 16.6 Å². The van der Waals surface area contributed by atoms with Gasteiger partial charge in [-0.25, -0.2) is 4.39 Å². The maximum Gasteiger partial charge on any atom is 0.416 e. The molecule has 0 spiro atoms. The van der Waals surface area contributed by atoms with Gasteiger partial charge < -0.3 is 5.32 Å². The van der Waals surface area contributed by atoms with Crippen LogP contribution in [0.2, 0.25) is 0 Å². The lowest BCUT2D eigenvalue weighted by Gasteiger charge is -2.12. The largest absolute Gasteiger partial charge is 0.416 e. The van der Waals surface area contributed by atoms with Crippen molar-refractivity contribution in [3.63, 3.8) is 0 Å². The van der Waals surface area contributed by atoms with E-state index in [2.05, 4.69) is 37.2 Å². The minimum absolute atomic E-state index is 0.162. The summed E-state index contributed by atoms with van der Waals surface area (Å²) in [5.74, 6) is -0.381. The lowest BCUT2D eigenvalue weighted by molar-refractivity contribution is -0.137. The van der Waals surface area contributed by atoms with Crippen molar-refractivity contribution < 1.29 is 17.6 Å². The van der Waals surface area contributed by atoms with E-state index in [0.29, 0.717) is 11.3 Å². The number of benzene rings is 2. The lowest BCUT2D eigenvalue weighted by Crippen LogP contribution is -2.06. The minimum Gasteiger partial charge on any atom is -0.380 e. The summed E-state index contributed by atoms with van der Waals surface area (Å²) in [6.07, 6.45) is -4.39. The fourth-order valence-corrected chi connectivity index (χ4v) is 2.63. The van der Waals surface area contributed by atoms with Gasteiger partial charge in [-0.05, 0) is 52.3 Å². The monoisotopic (exact) mass is 425 g/mol. The minimum atomic E-state index is -4.39. The molecule has 0 radical (unpaired) electrons. The first kappa shape index (κ1) is 16.3. The summed E-state index contributed by atoms with van der Waals surface area (Å²) in [7, 11) is 0. The van der Waals surface area contributed by atoms with Gasteiger partial charge in [0.15, 0.2) is 0 Å². The zero-order valence-corrected chi connectivity index (χ0v) is 13.6. The Balaban J connectivity index is 2.15. The molecule has 0 saturated heterocycles. The highest BCUT2D eigenvalue weighted by Gasteiger charge is 2.30. The molecule has 0 aliphatic carbocycles. The van der Waals surface area contributed by atoms with E-state index in [1.54, 1.807) is 12.1 Å². The van der Waals surface area contributed by atoms with E-state index in [1.807, 2.05) is 0 Å². The Labute approximate surface area is 135 Å². The molecule has 2 aromatic rings. The second kappa shape index (κ2) is 6.36. The maximum absolute atomic E-state index is 13.6. The quantitative estimate of drug-likeness (QED) is 0.595. The van der Waals surface area contributed by atoms with Crippen molar-refractivity contribution in [3.05, 3.63) is 62.3 Å². The van der Waals surface area contributed by atoms with Gasteiger partial charge in [-0.2, -0.15) is 13.2 Å². The summed E-state index contributed by atoms with van der Waals surface area (Å²) in [6.45, 7) is 0.162. The first-order valence-electron chi connectivity index (χ1n) is 5.82. The van der Waals surface area contributed by atoms with E-state index in [-0.39, 0.29) is 16.8 Å². The number of halogens is 6. The Morgan fingerprint density at radius 2 is 1.71 bits per heavy atom. The van der Waals surface area contributed by atoms with Crippen LogP contribution in [0, 0.1) is 5.82 Å². The number of rotatable bonds is 3. The molecule has 21 heavy (non-hydrogen) atoms. The average molecular weight is 427 g/mol. The molecule has 112 valence electrons. The Kier molecular flexibility index (Phi) is 4.93. The molecule has 0 aliphatic rings. The molecule has 0 amide bonds. The van der Waals surface area contributed by atoms with E-state index in [1.165, 1.54) is 12.1 Å². The molecule has 0 unspecified atom stereocenters. The summed E-state index contributed by atoms with van der Waals surface area (Å²) < 4.78 is 52.2. The molecule has 2 aromatic carbocycles. The van der Waals surface area contributed by atoms with Crippen molar-refractivity contribution in [2.24, 2.45) is 0 Å². The van der Waals surface area contributed by atoms with Crippen molar-refractivity contribution in [2.75, 3.05) is 5.32 Å². The molecule has 0 aliphatic heterocycles. The predicted octanol–water partition coefficient (Wildman–Crippen LogP) is 5.98. The number of hydrogen-bond donors (Lipinski definition) is 1. The number of nitrogens with one attached hydrogen (secondary N) is 1. The molecule has 0 fully saturated rings. The Bertz CT molecular complexity index is 656. The molecule has 7 heteroatoms. The lowest BCUT2D eigenvalue weighted by atomic mass is 10.2. The van der Waals surface area contributed by atoms with Crippen LogP contribution in [0.15, 0.2) is 45.3 Å². The summed E-state index contributed by atoms with van der Waals surface area (Å²) in [6, 6.07) is 7.78. The van der Waals surface area contributed by atoms with Crippen LogP contribution in [-0.4, -0.2) is 0 Å². The van der Waals surface area contributed by atoms with Gasteiger partial charge in [0.05, 0.1) is 5.56 Å². The van der Waals surface area contributed by atoms with Crippen LogP contribution in [0.3, 0.4) is 0 Å². The van der Waals surface area contributed by atoms with Gasteiger partial charge in [0, 0.05) is 26.7 Å². The van der Waals surface area contributed by atoms with Crippen LogP contribution in [0.4, 0.5) is 23.2 Å². The topological polar surface area (TPSA) is 12.0 Å². The van der Waals surface area contributed by atoms with Gasteiger partial charge in [-0.15, -0.1) is 0 Å². The summed E-state index contributed by atoms with van der Waals surface area (Å²) >= 11 is 6.32. The highest BCUT2D eigenvalue weighted by atomic mass is 79.9. The summed E-state index contributed by atoms with van der Waals surface area (Å²) in [5, 5.41) is 2.90. The highest BCUT2D eigenvalue weighted by Crippen LogP contribution is 2.34. The normalized spacial score (nSPS) is 11.5. The second-order valence-electron chi connectivity index (χ2n) is 4.28.